The van der Waals surface area contributed by atoms with Gasteiger partial charge in [-0.15, -0.1) is 11.3 Å². The molecule has 23 heavy (non-hydrogen) atoms. The lowest BCUT2D eigenvalue weighted by Crippen LogP contribution is -2.51. The number of nitrogens with zero attached hydrogens (tertiary/aromatic N) is 1. The number of rotatable bonds is 4. The Hall–Kier alpha value is -2.28. The van der Waals surface area contributed by atoms with Gasteiger partial charge in [0.15, 0.2) is 0 Å². The zero-order valence-corrected chi connectivity index (χ0v) is 13.2. The number of carboxylic acid groups (broad SMARTS) is 1. The number of halogens is 1. The Labute approximate surface area is 136 Å². The molecular weight excluding hydrogens is 319 g/mol. The molecule has 1 heterocycles. The van der Waals surface area contributed by atoms with Crippen molar-refractivity contribution in [3.05, 3.63) is 51.2 Å². The number of aromatic nitrogens is 1. The normalized spacial score (nSPS) is 15.7. The first-order valence-corrected chi connectivity index (χ1v) is 8.07. The van der Waals surface area contributed by atoms with E-state index in [1.165, 1.54) is 23.5 Å². The Kier molecular flexibility index (Phi) is 3.89. The van der Waals surface area contributed by atoms with Crippen molar-refractivity contribution in [1.29, 1.82) is 0 Å². The number of hydrogen-bond donors (Lipinski definition) is 2. The third-order valence-electron chi connectivity index (χ3n) is 4.05. The fourth-order valence-electron chi connectivity index (χ4n) is 2.61. The number of benzene rings is 1. The summed E-state index contributed by atoms with van der Waals surface area (Å²) < 4.78 is 14.0. The Morgan fingerprint density at radius 3 is 2.61 bits per heavy atom. The molecule has 0 aliphatic heterocycles. The van der Waals surface area contributed by atoms with Crippen molar-refractivity contribution in [3.8, 4) is 0 Å². The van der Waals surface area contributed by atoms with E-state index in [4.69, 9.17) is 5.11 Å². The number of amides is 1. The van der Waals surface area contributed by atoms with Crippen LogP contribution < -0.4 is 5.32 Å². The Bertz CT molecular complexity index is 783. The Morgan fingerprint density at radius 2 is 2.13 bits per heavy atom. The topological polar surface area (TPSA) is 79.3 Å². The molecule has 1 saturated carbocycles. The molecule has 5 nitrogen and oxygen atoms in total. The summed E-state index contributed by atoms with van der Waals surface area (Å²) in [6.45, 7) is 1.89. The molecule has 1 aliphatic carbocycles. The quantitative estimate of drug-likeness (QED) is 0.900. The molecular formula is C16H15FN2O3S. The highest BCUT2D eigenvalue weighted by Gasteiger charge is 2.43. The van der Waals surface area contributed by atoms with Gasteiger partial charge in [-0.05, 0) is 44.4 Å². The molecule has 7 heteroatoms. The molecule has 1 aromatic carbocycles. The number of carbonyl (C=O) groups excluding carboxylic acids is 1. The molecule has 0 unspecified atom stereocenters. The molecule has 1 amide bonds. The maximum Gasteiger partial charge on any atom is 0.335 e. The summed E-state index contributed by atoms with van der Waals surface area (Å²) in [6, 6.07) is 3.28. The monoisotopic (exact) mass is 334 g/mol. The van der Waals surface area contributed by atoms with E-state index >= 15 is 0 Å². The molecule has 1 aliphatic rings. The molecule has 2 N–H and O–H groups in total. The van der Waals surface area contributed by atoms with Crippen molar-refractivity contribution >= 4 is 23.2 Å². The molecule has 0 radical (unpaired) electrons. The number of aromatic carboxylic acids is 1. The number of carbonyl (C=O) groups is 2. The molecule has 0 bridgehead atoms. The first-order chi connectivity index (χ1) is 10.9. The lowest BCUT2D eigenvalue weighted by atomic mass is 9.77. The van der Waals surface area contributed by atoms with Crippen LogP contribution in [0, 0.1) is 12.7 Å². The van der Waals surface area contributed by atoms with Crippen LogP contribution in [0.4, 0.5) is 4.39 Å². The maximum absolute atomic E-state index is 14.0. The van der Waals surface area contributed by atoms with E-state index in [0.717, 1.165) is 36.0 Å². The van der Waals surface area contributed by atoms with Crippen molar-refractivity contribution in [2.75, 3.05) is 0 Å². The molecule has 1 aromatic heterocycles. The van der Waals surface area contributed by atoms with Crippen LogP contribution in [0.2, 0.25) is 0 Å². The minimum atomic E-state index is -1.23. The summed E-state index contributed by atoms with van der Waals surface area (Å²) in [4.78, 5) is 27.7. The SMILES string of the molecule is Cc1csc(C2(NC(=O)c3ccc(C(=O)O)cc3F)CCC2)n1. The van der Waals surface area contributed by atoms with Crippen LogP contribution in [0.15, 0.2) is 23.6 Å². The summed E-state index contributed by atoms with van der Waals surface area (Å²) >= 11 is 1.48. The van der Waals surface area contributed by atoms with Crippen LogP contribution in [0.1, 0.15) is 50.7 Å². The van der Waals surface area contributed by atoms with Gasteiger partial charge in [0.25, 0.3) is 5.91 Å². The van der Waals surface area contributed by atoms with E-state index in [0.29, 0.717) is 0 Å². The van der Waals surface area contributed by atoms with Crippen molar-refractivity contribution in [2.45, 2.75) is 31.7 Å². The number of carboxylic acids is 1. The van der Waals surface area contributed by atoms with Crippen LogP contribution in [0.3, 0.4) is 0 Å². The lowest BCUT2D eigenvalue weighted by Gasteiger charge is -2.40. The predicted molar refractivity (Wildman–Crippen MR) is 83.2 cm³/mol. The highest BCUT2D eigenvalue weighted by atomic mass is 32.1. The van der Waals surface area contributed by atoms with Crippen LogP contribution in [-0.2, 0) is 5.54 Å². The minimum Gasteiger partial charge on any atom is -0.478 e. The zero-order chi connectivity index (χ0) is 16.6. The summed E-state index contributed by atoms with van der Waals surface area (Å²) in [5.74, 6) is -2.62. The van der Waals surface area contributed by atoms with Gasteiger partial charge in [0, 0.05) is 11.1 Å². The van der Waals surface area contributed by atoms with Gasteiger partial charge < -0.3 is 10.4 Å². The third kappa shape index (κ3) is 2.84. The molecule has 0 atom stereocenters. The Morgan fingerprint density at radius 1 is 1.39 bits per heavy atom. The molecule has 0 saturated heterocycles. The van der Waals surface area contributed by atoms with Gasteiger partial charge in [0.1, 0.15) is 10.8 Å². The van der Waals surface area contributed by atoms with E-state index in [2.05, 4.69) is 10.3 Å². The standard InChI is InChI=1S/C16H15FN2O3S/c1-9-8-23-15(18-9)16(5-2-6-16)19-13(20)11-4-3-10(14(21)22)7-12(11)17/h3-4,7-8H,2,5-6H2,1H3,(H,19,20)(H,21,22). The third-order valence-corrected chi connectivity index (χ3v) is 5.21. The largest absolute Gasteiger partial charge is 0.478 e. The first kappa shape index (κ1) is 15.6. The van der Waals surface area contributed by atoms with Gasteiger partial charge in [-0.2, -0.15) is 0 Å². The van der Waals surface area contributed by atoms with Gasteiger partial charge in [0.05, 0.1) is 16.7 Å². The van der Waals surface area contributed by atoms with Gasteiger partial charge in [-0.3, -0.25) is 4.79 Å². The summed E-state index contributed by atoms with van der Waals surface area (Å²) in [6.07, 6.45) is 2.50. The minimum absolute atomic E-state index is 0.158. The van der Waals surface area contributed by atoms with Crippen LogP contribution in [0.25, 0.3) is 0 Å². The highest BCUT2D eigenvalue weighted by Crippen LogP contribution is 2.42. The van der Waals surface area contributed by atoms with Gasteiger partial charge in [0.2, 0.25) is 0 Å². The second-order valence-electron chi connectivity index (χ2n) is 5.68. The van der Waals surface area contributed by atoms with Crippen molar-refractivity contribution in [3.63, 3.8) is 0 Å². The average molecular weight is 334 g/mol. The predicted octanol–water partition coefficient (Wildman–Crippen LogP) is 3.10. The number of aryl methyl sites for hydroxylation is 1. The van der Waals surface area contributed by atoms with Gasteiger partial charge >= 0.3 is 5.97 Å². The smallest absolute Gasteiger partial charge is 0.335 e. The number of thiazole rings is 1. The zero-order valence-electron chi connectivity index (χ0n) is 12.4. The fraction of sp³-hybridized carbons (Fsp3) is 0.312. The second-order valence-corrected chi connectivity index (χ2v) is 6.54. The average Bonchev–Trinajstić information content (AvgIpc) is 2.89. The lowest BCUT2D eigenvalue weighted by molar-refractivity contribution is 0.0694. The molecule has 2 aromatic rings. The first-order valence-electron chi connectivity index (χ1n) is 7.19. The van der Waals surface area contributed by atoms with Crippen LogP contribution in [-0.4, -0.2) is 22.0 Å². The fourth-order valence-corrected chi connectivity index (χ4v) is 3.63. The summed E-state index contributed by atoms with van der Waals surface area (Å²) in [7, 11) is 0. The van der Waals surface area contributed by atoms with Gasteiger partial charge in [-0.1, -0.05) is 0 Å². The van der Waals surface area contributed by atoms with E-state index in [9.17, 15) is 14.0 Å². The van der Waals surface area contributed by atoms with E-state index < -0.39 is 23.2 Å². The number of hydrogen-bond acceptors (Lipinski definition) is 4. The maximum atomic E-state index is 14.0. The van der Waals surface area contributed by atoms with Crippen molar-refractivity contribution in [1.82, 2.24) is 10.3 Å². The summed E-state index contributed by atoms with van der Waals surface area (Å²) in [5.41, 5.74) is 0.0125. The van der Waals surface area contributed by atoms with Crippen molar-refractivity contribution in [2.24, 2.45) is 0 Å². The van der Waals surface area contributed by atoms with E-state index in [1.807, 2.05) is 12.3 Å². The van der Waals surface area contributed by atoms with Crippen LogP contribution >= 0.6 is 11.3 Å². The molecule has 120 valence electrons. The molecule has 0 spiro atoms. The highest BCUT2D eigenvalue weighted by molar-refractivity contribution is 7.09. The second kappa shape index (κ2) is 5.73. The molecule has 1 fully saturated rings. The van der Waals surface area contributed by atoms with Crippen molar-refractivity contribution < 1.29 is 19.1 Å². The van der Waals surface area contributed by atoms with Gasteiger partial charge in [-0.25, -0.2) is 14.2 Å². The van der Waals surface area contributed by atoms with E-state index in [1.54, 1.807) is 0 Å². The van der Waals surface area contributed by atoms with Crippen LogP contribution in [0.5, 0.6) is 0 Å². The number of nitrogens with one attached hydrogen (secondary N) is 1. The molecule has 3 rings (SSSR count). The summed E-state index contributed by atoms with van der Waals surface area (Å²) in [5, 5.41) is 14.5. The Balaban J connectivity index is 1.85. The van der Waals surface area contributed by atoms with E-state index in [-0.39, 0.29) is 11.1 Å².